The normalized spacial score (nSPS) is 21.5. The summed E-state index contributed by atoms with van der Waals surface area (Å²) >= 11 is 0. The summed E-state index contributed by atoms with van der Waals surface area (Å²) in [7, 11) is 0. The molecule has 2 saturated carbocycles. The predicted molar refractivity (Wildman–Crippen MR) is 62.8 cm³/mol. The van der Waals surface area contributed by atoms with Gasteiger partial charge in [-0.15, -0.1) is 0 Å². The monoisotopic (exact) mass is 215 g/mol. The quantitative estimate of drug-likeness (QED) is 0.822. The Balaban J connectivity index is 1.73. The highest BCUT2D eigenvalue weighted by molar-refractivity contribution is 5.81. The second-order valence-electron chi connectivity index (χ2n) is 5.01. The van der Waals surface area contributed by atoms with Crippen LogP contribution in [0.1, 0.15) is 37.3 Å². The standard InChI is InChI=1S/C14H17NO/c16-14(12-8-9-12)15-13(11-6-7-11)10-4-2-1-3-5-10/h1-5,11-13H,6-9H2,(H,15,16)/t13-/m0/s1. The van der Waals surface area contributed by atoms with Crippen molar-refractivity contribution in [2.24, 2.45) is 11.8 Å². The highest BCUT2D eigenvalue weighted by atomic mass is 16.2. The van der Waals surface area contributed by atoms with Gasteiger partial charge in [0.2, 0.25) is 5.91 Å². The second kappa shape index (κ2) is 3.93. The molecular formula is C14H17NO. The van der Waals surface area contributed by atoms with E-state index >= 15 is 0 Å². The number of nitrogens with one attached hydrogen (secondary N) is 1. The maximum Gasteiger partial charge on any atom is 0.223 e. The smallest absolute Gasteiger partial charge is 0.223 e. The Labute approximate surface area is 96.1 Å². The molecule has 0 radical (unpaired) electrons. The minimum absolute atomic E-state index is 0.259. The molecule has 1 aromatic rings. The molecule has 2 nitrogen and oxygen atoms in total. The van der Waals surface area contributed by atoms with Crippen LogP contribution in [0.25, 0.3) is 0 Å². The van der Waals surface area contributed by atoms with Gasteiger partial charge in [0.25, 0.3) is 0 Å². The molecule has 0 aromatic heterocycles. The molecule has 0 spiro atoms. The summed E-state index contributed by atoms with van der Waals surface area (Å²) in [4.78, 5) is 11.8. The summed E-state index contributed by atoms with van der Waals surface area (Å²) in [5.41, 5.74) is 1.26. The van der Waals surface area contributed by atoms with Crippen LogP contribution in [0, 0.1) is 11.8 Å². The first-order valence-corrected chi connectivity index (χ1v) is 6.20. The van der Waals surface area contributed by atoms with Gasteiger partial charge in [-0.3, -0.25) is 4.79 Å². The first-order valence-electron chi connectivity index (χ1n) is 6.20. The Bertz CT molecular complexity index is 379. The molecule has 3 rings (SSSR count). The van der Waals surface area contributed by atoms with Crippen molar-refractivity contribution in [3.8, 4) is 0 Å². The fourth-order valence-electron chi connectivity index (χ4n) is 2.18. The van der Waals surface area contributed by atoms with E-state index in [2.05, 4.69) is 17.4 Å². The molecule has 0 heterocycles. The summed E-state index contributed by atoms with van der Waals surface area (Å²) in [5.74, 6) is 1.25. The van der Waals surface area contributed by atoms with Crippen molar-refractivity contribution < 1.29 is 4.79 Å². The highest BCUT2D eigenvalue weighted by Gasteiger charge is 2.37. The molecule has 1 aromatic carbocycles. The summed E-state index contributed by atoms with van der Waals surface area (Å²) in [5, 5.41) is 3.22. The van der Waals surface area contributed by atoms with Crippen molar-refractivity contribution in [1.29, 1.82) is 0 Å². The van der Waals surface area contributed by atoms with Crippen molar-refractivity contribution in [1.82, 2.24) is 5.32 Å². The molecule has 0 unspecified atom stereocenters. The highest BCUT2D eigenvalue weighted by Crippen LogP contribution is 2.41. The van der Waals surface area contributed by atoms with Crippen molar-refractivity contribution in [3.63, 3.8) is 0 Å². The molecule has 1 N–H and O–H groups in total. The van der Waals surface area contributed by atoms with Crippen LogP contribution in [-0.4, -0.2) is 5.91 Å². The van der Waals surface area contributed by atoms with E-state index in [1.165, 1.54) is 18.4 Å². The van der Waals surface area contributed by atoms with Crippen LogP contribution in [0.4, 0.5) is 0 Å². The van der Waals surface area contributed by atoms with E-state index in [0.29, 0.717) is 11.8 Å². The van der Waals surface area contributed by atoms with E-state index < -0.39 is 0 Å². The zero-order valence-corrected chi connectivity index (χ0v) is 9.36. The number of carbonyl (C=O) groups is 1. The lowest BCUT2D eigenvalue weighted by atomic mass is 10.0. The van der Waals surface area contributed by atoms with Crippen molar-refractivity contribution in [2.75, 3.05) is 0 Å². The average Bonchev–Trinajstić information content (AvgIpc) is 3.19. The number of benzene rings is 1. The molecule has 2 heteroatoms. The minimum Gasteiger partial charge on any atom is -0.349 e. The SMILES string of the molecule is O=C(N[C@@H](c1ccccc1)C1CC1)C1CC1. The summed E-state index contributed by atoms with van der Waals surface area (Å²) in [6, 6.07) is 10.6. The lowest BCUT2D eigenvalue weighted by molar-refractivity contribution is -0.123. The largest absolute Gasteiger partial charge is 0.349 e. The van der Waals surface area contributed by atoms with Gasteiger partial charge in [0, 0.05) is 5.92 Å². The molecular weight excluding hydrogens is 198 g/mol. The van der Waals surface area contributed by atoms with Crippen molar-refractivity contribution >= 4 is 5.91 Å². The van der Waals surface area contributed by atoms with E-state index in [9.17, 15) is 4.79 Å². The predicted octanol–water partition coefficient (Wildman–Crippen LogP) is 2.66. The zero-order chi connectivity index (χ0) is 11.0. The van der Waals surface area contributed by atoms with Crippen LogP contribution >= 0.6 is 0 Å². The van der Waals surface area contributed by atoms with E-state index in [4.69, 9.17) is 0 Å². The molecule has 2 fully saturated rings. The van der Waals surface area contributed by atoms with Gasteiger partial charge in [0.1, 0.15) is 0 Å². The Morgan fingerprint density at radius 2 is 1.81 bits per heavy atom. The summed E-state index contributed by atoms with van der Waals surface area (Å²) < 4.78 is 0. The van der Waals surface area contributed by atoms with E-state index in [1.54, 1.807) is 0 Å². The maximum atomic E-state index is 11.8. The summed E-state index contributed by atoms with van der Waals surface area (Å²) in [6.07, 6.45) is 4.67. The molecule has 0 bridgehead atoms. The third-order valence-corrected chi connectivity index (χ3v) is 3.50. The van der Waals surface area contributed by atoms with Gasteiger partial charge in [0.15, 0.2) is 0 Å². The lowest BCUT2D eigenvalue weighted by Crippen LogP contribution is -2.30. The van der Waals surface area contributed by atoms with Crippen molar-refractivity contribution in [2.45, 2.75) is 31.7 Å². The Kier molecular flexibility index (Phi) is 2.43. The van der Waals surface area contributed by atoms with Crippen LogP contribution in [0.3, 0.4) is 0 Å². The van der Waals surface area contributed by atoms with Gasteiger partial charge < -0.3 is 5.32 Å². The van der Waals surface area contributed by atoms with E-state index in [1.807, 2.05) is 18.2 Å². The first-order chi connectivity index (χ1) is 7.84. The third kappa shape index (κ3) is 2.11. The number of rotatable bonds is 4. The van der Waals surface area contributed by atoms with Crippen LogP contribution in [0.15, 0.2) is 30.3 Å². The van der Waals surface area contributed by atoms with Gasteiger partial charge in [-0.05, 0) is 37.2 Å². The van der Waals surface area contributed by atoms with Crippen LogP contribution < -0.4 is 5.32 Å². The fourth-order valence-corrected chi connectivity index (χ4v) is 2.18. The number of hydrogen-bond acceptors (Lipinski definition) is 1. The molecule has 84 valence electrons. The maximum absolute atomic E-state index is 11.8. The minimum atomic E-state index is 0.259. The first kappa shape index (κ1) is 9.88. The zero-order valence-electron chi connectivity index (χ0n) is 9.36. The second-order valence-corrected chi connectivity index (χ2v) is 5.01. The number of carbonyl (C=O) groups excluding carboxylic acids is 1. The van der Waals surface area contributed by atoms with Crippen molar-refractivity contribution in [3.05, 3.63) is 35.9 Å². The molecule has 1 amide bonds. The van der Waals surface area contributed by atoms with Crippen LogP contribution in [-0.2, 0) is 4.79 Å². The van der Waals surface area contributed by atoms with Gasteiger partial charge in [-0.1, -0.05) is 30.3 Å². The van der Waals surface area contributed by atoms with Crippen LogP contribution in [0.5, 0.6) is 0 Å². The number of hydrogen-bond donors (Lipinski definition) is 1. The van der Waals surface area contributed by atoms with Gasteiger partial charge in [-0.2, -0.15) is 0 Å². The van der Waals surface area contributed by atoms with Gasteiger partial charge in [0.05, 0.1) is 6.04 Å². The molecule has 16 heavy (non-hydrogen) atoms. The summed E-state index contributed by atoms with van der Waals surface area (Å²) in [6.45, 7) is 0. The lowest BCUT2D eigenvalue weighted by Gasteiger charge is -2.18. The van der Waals surface area contributed by atoms with E-state index in [0.717, 1.165) is 12.8 Å². The Morgan fingerprint density at radius 1 is 1.12 bits per heavy atom. The van der Waals surface area contributed by atoms with Crippen LogP contribution in [0.2, 0.25) is 0 Å². The topological polar surface area (TPSA) is 29.1 Å². The van der Waals surface area contributed by atoms with Gasteiger partial charge in [-0.25, -0.2) is 0 Å². The average molecular weight is 215 g/mol. The van der Waals surface area contributed by atoms with E-state index in [-0.39, 0.29) is 11.9 Å². The molecule has 2 aliphatic rings. The van der Waals surface area contributed by atoms with Gasteiger partial charge >= 0.3 is 0 Å². The fraction of sp³-hybridized carbons (Fsp3) is 0.500. The third-order valence-electron chi connectivity index (χ3n) is 3.50. The molecule has 2 aliphatic carbocycles. The molecule has 0 saturated heterocycles. The molecule has 1 atom stereocenters. The molecule has 0 aliphatic heterocycles. The Hall–Kier alpha value is -1.31. The number of amides is 1. The Morgan fingerprint density at radius 3 is 2.38 bits per heavy atom.